The monoisotopic (exact) mass is 476 g/mol. The van der Waals surface area contributed by atoms with Gasteiger partial charge in [0.1, 0.15) is 5.82 Å². The first-order chi connectivity index (χ1) is 16.4. The van der Waals surface area contributed by atoms with E-state index in [1.807, 2.05) is 12.1 Å². The van der Waals surface area contributed by atoms with Crippen molar-refractivity contribution in [1.82, 2.24) is 0 Å². The van der Waals surface area contributed by atoms with Crippen molar-refractivity contribution in [2.24, 2.45) is 11.8 Å². The highest BCUT2D eigenvalue weighted by atomic mass is 19.3. The van der Waals surface area contributed by atoms with Crippen LogP contribution in [0.5, 0.6) is 5.75 Å². The summed E-state index contributed by atoms with van der Waals surface area (Å²) in [5.74, 6) is -2.79. The van der Waals surface area contributed by atoms with Crippen molar-refractivity contribution >= 4 is 10.8 Å². The maximum absolute atomic E-state index is 15.2. The molecule has 0 N–H and O–H groups in total. The standard InChI is InChI=1S/C28H29F5O/c1-2-3-17-4-6-18(7-5-17)8-9-19-10-12-22-20(14-19)11-13-23(26(22)31)21-15-24(29)27(25(30)16-21)34-28(32)33/h10-18,28H,2-9H2,1H3. The summed E-state index contributed by atoms with van der Waals surface area (Å²) >= 11 is 0. The average Bonchev–Trinajstić information content (AvgIpc) is 2.81. The smallest absolute Gasteiger partial charge is 0.387 e. The summed E-state index contributed by atoms with van der Waals surface area (Å²) in [6, 6.07) is 10.3. The van der Waals surface area contributed by atoms with Gasteiger partial charge in [0.25, 0.3) is 0 Å². The minimum absolute atomic E-state index is 0.00881. The highest BCUT2D eigenvalue weighted by molar-refractivity contribution is 5.88. The number of alkyl halides is 2. The molecule has 1 aliphatic rings. The molecule has 6 heteroatoms. The molecule has 1 fully saturated rings. The Kier molecular flexibility index (Phi) is 7.74. The maximum atomic E-state index is 15.2. The summed E-state index contributed by atoms with van der Waals surface area (Å²) < 4.78 is 72.1. The van der Waals surface area contributed by atoms with Crippen LogP contribution in [0.4, 0.5) is 22.0 Å². The fourth-order valence-corrected chi connectivity index (χ4v) is 5.22. The first-order valence-electron chi connectivity index (χ1n) is 12.0. The van der Waals surface area contributed by atoms with Gasteiger partial charge >= 0.3 is 6.61 Å². The van der Waals surface area contributed by atoms with E-state index in [1.165, 1.54) is 44.6 Å². The average molecular weight is 477 g/mol. The van der Waals surface area contributed by atoms with Crippen LogP contribution in [0.1, 0.15) is 57.4 Å². The number of halogens is 5. The lowest BCUT2D eigenvalue weighted by Gasteiger charge is -2.28. The Balaban J connectivity index is 1.49. The number of rotatable bonds is 8. The van der Waals surface area contributed by atoms with Gasteiger partial charge in [-0.2, -0.15) is 8.78 Å². The van der Waals surface area contributed by atoms with Gasteiger partial charge in [0.15, 0.2) is 17.4 Å². The molecule has 3 aromatic rings. The molecule has 0 bridgehead atoms. The molecule has 0 aromatic heterocycles. The molecule has 0 saturated heterocycles. The van der Waals surface area contributed by atoms with Crippen LogP contribution in [0.2, 0.25) is 0 Å². The SMILES string of the molecule is CCCC1CCC(CCc2ccc3c(F)c(-c4cc(F)c(OC(F)F)c(F)c4)ccc3c2)CC1. The lowest BCUT2D eigenvalue weighted by atomic mass is 9.78. The molecule has 1 nitrogen and oxygen atoms in total. The topological polar surface area (TPSA) is 9.23 Å². The lowest BCUT2D eigenvalue weighted by molar-refractivity contribution is -0.0546. The molecule has 1 aliphatic carbocycles. The number of hydrogen-bond acceptors (Lipinski definition) is 1. The van der Waals surface area contributed by atoms with Crippen LogP contribution in [0.25, 0.3) is 21.9 Å². The van der Waals surface area contributed by atoms with Crippen LogP contribution >= 0.6 is 0 Å². The minimum Gasteiger partial charge on any atom is -0.429 e. The van der Waals surface area contributed by atoms with Crippen LogP contribution in [0.3, 0.4) is 0 Å². The Labute approximate surface area is 196 Å². The predicted molar refractivity (Wildman–Crippen MR) is 125 cm³/mol. The third-order valence-corrected chi connectivity index (χ3v) is 7.04. The van der Waals surface area contributed by atoms with Gasteiger partial charge in [-0.15, -0.1) is 0 Å². The third kappa shape index (κ3) is 5.53. The van der Waals surface area contributed by atoms with Gasteiger partial charge in [-0.25, -0.2) is 13.2 Å². The van der Waals surface area contributed by atoms with Crippen molar-refractivity contribution in [3.63, 3.8) is 0 Å². The number of benzene rings is 3. The molecule has 0 unspecified atom stereocenters. The van der Waals surface area contributed by atoms with Crippen molar-refractivity contribution in [2.45, 2.75) is 64.9 Å². The van der Waals surface area contributed by atoms with Crippen molar-refractivity contribution in [1.29, 1.82) is 0 Å². The summed E-state index contributed by atoms with van der Waals surface area (Å²) in [4.78, 5) is 0. The normalized spacial score (nSPS) is 18.6. The van der Waals surface area contributed by atoms with E-state index in [0.717, 1.165) is 42.4 Å². The van der Waals surface area contributed by atoms with Gasteiger partial charge in [-0.3, -0.25) is 0 Å². The Morgan fingerprint density at radius 1 is 0.853 bits per heavy atom. The van der Waals surface area contributed by atoms with Crippen LogP contribution in [-0.2, 0) is 6.42 Å². The van der Waals surface area contributed by atoms with Crippen LogP contribution < -0.4 is 4.74 Å². The summed E-state index contributed by atoms with van der Waals surface area (Å²) in [6.45, 7) is -1.12. The molecule has 34 heavy (non-hydrogen) atoms. The number of fused-ring (bicyclic) bond motifs is 1. The predicted octanol–water partition coefficient (Wildman–Crippen LogP) is 9.06. The van der Waals surface area contributed by atoms with E-state index in [9.17, 15) is 17.6 Å². The zero-order valence-corrected chi connectivity index (χ0v) is 19.2. The van der Waals surface area contributed by atoms with Gasteiger partial charge in [0.2, 0.25) is 0 Å². The molecule has 4 rings (SSSR count). The van der Waals surface area contributed by atoms with E-state index in [2.05, 4.69) is 11.7 Å². The Morgan fingerprint density at radius 3 is 2.12 bits per heavy atom. The van der Waals surface area contributed by atoms with Crippen molar-refractivity contribution in [3.05, 3.63) is 65.5 Å². The molecule has 182 valence electrons. The van der Waals surface area contributed by atoms with Crippen LogP contribution in [0.15, 0.2) is 42.5 Å². The fraction of sp³-hybridized carbons (Fsp3) is 0.429. The molecule has 0 spiro atoms. The second-order valence-electron chi connectivity index (χ2n) is 9.34. The Morgan fingerprint density at radius 2 is 1.50 bits per heavy atom. The van der Waals surface area contributed by atoms with Gasteiger partial charge in [0.05, 0.1) is 0 Å². The fourth-order valence-electron chi connectivity index (χ4n) is 5.22. The lowest BCUT2D eigenvalue weighted by Crippen LogP contribution is -2.15. The quantitative estimate of drug-likeness (QED) is 0.295. The van der Waals surface area contributed by atoms with Crippen molar-refractivity contribution in [3.8, 4) is 16.9 Å². The highest BCUT2D eigenvalue weighted by Gasteiger charge is 2.21. The van der Waals surface area contributed by atoms with Crippen LogP contribution in [-0.4, -0.2) is 6.61 Å². The Hall–Kier alpha value is -2.63. The summed E-state index contributed by atoms with van der Waals surface area (Å²) in [5, 5.41) is 1.05. The second-order valence-corrected chi connectivity index (χ2v) is 9.34. The van der Waals surface area contributed by atoms with Crippen LogP contribution in [0, 0.1) is 29.3 Å². The Bertz CT molecular complexity index is 1110. The molecule has 0 atom stereocenters. The largest absolute Gasteiger partial charge is 0.429 e. The molecule has 0 amide bonds. The summed E-state index contributed by atoms with van der Waals surface area (Å²) in [7, 11) is 0. The first-order valence-corrected chi connectivity index (χ1v) is 12.0. The van der Waals surface area contributed by atoms with E-state index >= 15 is 4.39 Å². The molecule has 1 saturated carbocycles. The van der Waals surface area contributed by atoms with E-state index in [0.29, 0.717) is 10.8 Å². The van der Waals surface area contributed by atoms with Gasteiger partial charge < -0.3 is 4.74 Å². The molecule has 0 aliphatic heterocycles. The van der Waals surface area contributed by atoms with E-state index in [-0.39, 0.29) is 11.1 Å². The van der Waals surface area contributed by atoms with E-state index < -0.39 is 29.8 Å². The molecule has 0 heterocycles. The first kappa shape index (κ1) is 24.5. The van der Waals surface area contributed by atoms with Crippen molar-refractivity contribution in [2.75, 3.05) is 0 Å². The van der Waals surface area contributed by atoms with Gasteiger partial charge in [-0.05, 0) is 53.3 Å². The summed E-state index contributed by atoms with van der Waals surface area (Å²) in [6.07, 6.45) is 9.85. The zero-order chi connectivity index (χ0) is 24.2. The highest BCUT2D eigenvalue weighted by Crippen LogP contribution is 2.36. The number of aryl methyl sites for hydroxylation is 1. The molecular formula is C28H29F5O. The van der Waals surface area contributed by atoms with Gasteiger partial charge in [0, 0.05) is 10.9 Å². The third-order valence-electron chi connectivity index (χ3n) is 7.04. The molecular weight excluding hydrogens is 447 g/mol. The minimum atomic E-state index is -3.36. The molecule has 3 aromatic carbocycles. The zero-order valence-electron chi connectivity index (χ0n) is 19.2. The summed E-state index contributed by atoms with van der Waals surface area (Å²) in [5.41, 5.74) is 1.05. The van der Waals surface area contributed by atoms with Crippen molar-refractivity contribution < 1.29 is 26.7 Å². The van der Waals surface area contributed by atoms with E-state index in [1.54, 1.807) is 12.1 Å². The number of ether oxygens (including phenoxy) is 1. The second kappa shape index (κ2) is 10.7. The van der Waals surface area contributed by atoms with Gasteiger partial charge in [-0.1, -0.05) is 75.8 Å². The maximum Gasteiger partial charge on any atom is 0.387 e. The molecule has 0 radical (unpaired) electrons. The number of hydrogen-bond donors (Lipinski definition) is 0. The van der Waals surface area contributed by atoms with E-state index in [4.69, 9.17) is 0 Å².